The largest absolute Gasteiger partial charge is 0.573 e. The fourth-order valence-corrected chi connectivity index (χ4v) is 3.44. The van der Waals surface area contributed by atoms with Crippen molar-refractivity contribution >= 4 is 22.7 Å². The first kappa shape index (κ1) is 19.0. The van der Waals surface area contributed by atoms with Crippen LogP contribution in [-0.4, -0.2) is 17.9 Å². The molecule has 4 rings (SSSR count). The number of fused-ring (bicyclic) bond motifs is 1. The standard InChI is InChI=1S/C21H15F4NO3/c1-20(2)15(11-3-6-13(7-4-11)28-21(23,24)25)10-17(29-20)18-14-8-5-12(22)9-16(14)26-19(18)27/h3-10H,1-2H3,(H,26,27). The highest BCUT2D eigenvalue weighted by Crippen LogP contribution is 2.44. The highest BCUT2D eigenvalue weighted by atomic mass is 19.4. The number of anilines is 1. The molecule has 1 N–H and O–H groups in total. The average molecular weight is 405 g/mol. The van der Waals surface area contributed by atoms with Crippen LogP contribution in [0.1, 0.15) is 25.0 Å². The number of hydrogen-bond acceptors (Lipinski definition) is 3. The second kappa shape index (κ2) is 6.37. The molecular weight excluding hydrogens is 390 g/mol. The van der Waals surface area contributed by atoms with Crippen molar-refractivity contribution in [2.24, 2.45) is 0 Å². The molecule has 2 aliphatic rings. The fourth-order valence-electron chi connectivity index (χ4n) is 3.44. The lowest BCUT2D eigenvalue weighted by atomic mass is 9.92. The molecule has 4 nitrogen and oxygen atoms in total. The maximum absolute atomic E-state index is 13.4. The van der Waals surface area contributed by atoms with Gasteiger partial charge in [-0.25, -0.2) is 4.39 Å². The Morgan fingerprint density at radius 3 is 2.41 bits per heavy atom. The summed E-state index contributed by atoms with van der Waals surface area (Å²) in [7, 11) is 0. The monoisotopic (exact) mass is 405 g/mol. The number of allylic oxidation sites excluding steroid dienone is 1. The molecule has 0 spiro atoms. The number of carbonyl (C=O) groups excluding carboxylic acids is 1. The van der Waals surface area contributed by atoms with Crippen LogP contribution in [0.15, 0.2) is 54.3 Å². The maximum atomic E-state index is 13.4. The van der Waals surface area contributed by atoms with Gasteiger partial charge in [0, 0.05) is 11.1 Å². The Hall–Kier alpha value is -3.29. The van der Waals surface area contributed by atoms with Gasteiger partial charge in [0.2, 0.25) is 0 Å². The summed E-state index contributed by atoms with van der Waals surface area (Å²) >= 11 is 0. The molecule has 0 fully saturated rings. The summed E-state index contributed by atoms with van der Waals surface area (Å²) in [6.45, 7) is 3.57. The molecule has 2 aromatic rings. The minimum absolute atomic E-state index is 0.278. The second-order valence-corrected chi connectivity index (χ2v) is 7.13. The molecule has 0 unspecified atom stereocenters. The molecule has 150 valence electrons. The number of hydrogen-bond donors (Lipinski definition) is 1. The zero-order valence-corrected chi connectivity index (χ0v) is 15.4. The summed E-state index contributed by atoms with van der Waals surface area (Å²) in [6, 6.07) is 9.38. The summed E-state index contributed by atoms with van der Waals surface area (Å²) in [5, 5.41) is 2.61. The SMILES string of the molecule is CC1(C)OC(=C2C(=O)Nc3cc(F)ccc32)C=C1c1ccc(OC(F)(F)F)cc1. The summed E-state index contributed by atoms with van der Waals surface area (Å²) in [5.74, 6) is -0.907. The topological polar surface area (TPSA) is 47.6 Å². The molecule has 8 heteroatoms. The Kier molecular flexibility index (Phi) is 4.18. The van der Waals surface area contributed by atoms with Crippen LogP contribution in [0.4, 0.5) is 23.2 Å². The third-order valence-electron chi connectivity index (χ3n) is 4.66. The highest BCUT2D eigenvalue weighted by Gasteiger charge is 2.38. The van der Waals surface area contributed by atoms with Gasteiger partial charge in [-0.15, -0.1) is 13.2 Å². The van der Waals surface area contributed by atoms with E-state index in [2.05, 4.69) is 10.1 Å². The molecule has 0 bridgehead atoms. The van der Waals surface area contributed by atoms with E-state index >= 15 is 0 Å². The van der Waals surface area contributed by atoms with Gasteiger partial charge >= 0.3 is 6.36 Å². The average Bonchev–Trinajstić information content (AvgIpc) is 3.08. The number of carbonyl (C=O) groups is 1. The maximum Gasteiger partial charge on any atom is 0.573 e. The Labute approximate surface area is 163 Å². The van der Waals surface area contributed by atoms with Gasteiger partial charge in [-0.1, -0.05) is 12.1 Å². The number of benzene rings is 2. The molecule has 2 aliphatic heterocycles. The van der Waals surface area contributed by atoms with E-state index < -0.39 is 23.7 Å². The number of amides is 1. The molecule has 1 amide bonds. The van der Waals surface area contributed by atoms with Crippen molar-refractivity contribution in [1.29, 1.82) is 0 Å². The van der Waals surface area contributed by atoms with Gasteiger partial charge in [0.15, 0.2) is 0 Å². The Morgan fingerprint density at radius 1 is 1.07 bits per heavy atom. The zero-order chi connectivity index (χ0) is 21.0. The van der Waals surface area contributed by atoms with Crippen molar-refractivity contribution < 1.29 is 31.8 Å². The van der Waals surface area contributed by atoms with E-state index in [1.807, 2.05) is 0 Å². The lowest BCUT2D eigenvalue weighted by Gasteiger charge is -2.23. The number of halogens is 4. The lowest BCUT2D eigenvalue weighted by molar-refractivity contribution is -0.274. The normalized spacial score (nSPS) is 20.1. The van der Waals surface area contributed by atoms with Gasteiger partial charge in [-0.05, 0) is 55.8 Å². The number of alkyl halides is 3. The van der Waals surface area contributed by atoms with Crippen LogP contribution in [0.25, 0.3) is 11.1 Å². The molecule has 29 heavy (non-hydrogen) atoms. The number of rotatable bonds is 2. The first-order chi connectivity index (χ1) is 13.5. The van der Waals surface area contributed by atoms with Crippen molar-refractivity contribution in [3.8, 4) is 5.75 Å². The number of ether oxygens (including phenoxy) is 2. The van der Waals surface area contributed by atoms with Gasteiger partial charge in [0.25, 0.3) is 5.91 Å². The molecule has 0 aliphatic carbocycles. The van der Waals surface area contributed by atoms with Crippen molar-refractivity contribution in [1.82, 2.24) is 0 Å². The van der Waals surface area contributed by atoms with Crippen molar-refractivity contribution in [2.75, 3.05) is 5.32 Å². The summed E-state index contributed by atoms with van der Waals surface area (Å²) in [5.41, 5.74) is 1.63. The van der Waals surface area contributed by atoms with Crippen LogP contribution in [0.5, 0.6) is 5.75 Å². The van der Waals surface area contributed by atoms with Crippen molar-refractivity contribution in [2.45, 2.75) is 25.8 Å². The predicted molar refractivity (Wildman–Crippen MR) is 98.2 cm³/mol. The van der Waals surface area contributed by atoms with E-state index in [9.17, 15) is 22.4 Å². The quantitative estimate of drug-likeness (QED) is 0.546. The predicted octanol–water partition coefficient (Wildman–Crippen LogP) is 5.28. The van der Waals surface area contributed by atoms with Crippen LogP contribution < -0.4 is 10.1 Å². The smallest absolute Gasteiger partial charge is 0.482 e. The van der Waals surface area contributed by atoms with Gasteiger partial charge in [0.05, 0.1) is 11.3 Å². The van der Waals surface area contributed by atoms with Crippen LogP contribution in [0.3, 0.4) is 0 Å². The molecule has 2 heterocycles. The van der Waals surface area contributed by atoms with E-state index in [0.717, 1.165) is 0 Å². The molecule has 0 radical (unpaired) electrons. The van der Waals surface area contributed by atoms with E-state index in [-0.39, 0.29) is 11.3 Å². The molecule has 0 saturated heterocycles. The fraction of sp³-hybridized carbons (Fsp3) is 0.190. The lowest BCUT2D eigenvalue weighted by Crippen LogP contribution is -2.21. The Bertz CT molecular complexity index is 1070. The number of nitrogens with one attached hydrogen (secondary N) is 1. The Balaban J connectivity index is 1.74. The van der Waals surface area contributed by atoms with Gasteiger partial charge in [-0.3, -0.25) is 4.79 Å². The first-order valence-electron chi connectivity index (χ1n) is 8.66. The summed E-state index contributed by atoms with van der Waals surface area (Å²) in [4.78, 5) is 12.4. The molecule has 0 saturated carbocycles. The summed E-state index contributed by atoms with van der Waals surface area (Å²) < 4.78 is 60.4. The highest BCUT2D eigenvalue weighted by molar-refractivity contribution is 6.32. The third-order valence-corrected chi connectivity index (χ3v) is 4.66. The Morgan fingerprint density at radius 2 is 1.76 bits per heavy atom. The van der Waals surface area contributed by atoms with E-state index in [4.69, 9.17) is 4.74 Å². The zero-order valence-electron chi connectivity index (χ0n) is 15.4. The van der Waals surface area contributed by atoms with Crippen LogP contribution >= 0.6 is 0 Å². The molecule has 0 aromatic heterocycles. The van der Waals surface area contributed by atoms with Gasteiger partial charge in [0.1, 0.15) is 22.9 Å². The van der Waals surface area contributed by atoms with E-state index in [0.29, 0.717) is 28.1 Å². The second-order valence-electron chi connectivity index (χ2n) is 7.13. The minimum Gasteiger partial charge on any atom is -0.482 e. The van der Waals surface area contributed by atoms with Crippen molar-refractivity contribution in [3.05, 3.63) is 71.2 Å². The van der Waals surface area contributed by atoms with E-state index in [1.165, 1.54) is 42.5 Å². The van der Waals surface area contributed by atoms with Gasteiger partial charge in [-0.2, -0.15) is 0 Å². The van der Waals surface area contributed by atoms with Crippen molar-refractivity contribution in [3.63, 3.8) is 0 Å². The van der Waals surface area contributed by atoms with Crippen LogP contribution in [-0.2, 0) is 9.53 Å². The van der Waals surface area contributed by atoms with E-state index in [1.54, 1.807) is 19.9 Å². The third kappa shape index (κ3) is 3.57. The molecule has 2 aromatic carbocycles. The first-order valence-corrected chi connectivity index (χ1v) is 8.66. The van der Waals surface area contributed by atoms with Crippen LogP contribution in [0.2, 0.25) is 0 Å². The molecule has 0 atom stereocenters. The molecular formula is C21H15F4NO3. The van der Waals surface area contributed by atoms with Crippen LogP contribution in [0, 0.1) is 5.82 Å². The summed E-state index contributed by atoms with van der Waals surface area (Å²) in [6.07, 6.45) is -3.09. The minimum atomic E-state index is -4.77. The van der Waals surface area contributed by atoms with Gasteiger partial charge < -0.3 is 14.8 Å².